The quantitative estimate of drug-likeness (QED) is 0.683. The number of aryl methyl sites for hydroxylation is 1. The molecule has 1 atom stereocenters. The second-order valence-corrected chi connectivity index (χ2v) is 7.28. The molecule has 2 N–H and O–H groups in total. The maximum atomic E-state index is 12.0. The highest BCUT2D eigenvalue weighted by Crippen LogP contribution is 2.35. The van der Waals surface area contributed by atoms with Gasteiger partial charge in [-0.25, -0.2) is 4.98 Å². The minimum absolute atomic E-state index is 0.0759. The number of nitrogens with zero attached hydrogens (tertiary/aromatic N) is 2. The number of hydrogen-bond donors (Lipinski definition) is 2. The predicted octanol–water partition coefficient (Wildman–Crippen LogP) is 3.61. The average molecular weight is 382 g/mol. The molecule has 7 heteroatoms. The lowest BCUT2D eigenvalue weighted by Crippen LogP contribution is -2.38. The summed E-state index contributed by atoms with van der Waals surface area (Å²) in [7, 11) is 0. The highest BCUT2D eigenvalue weighted by atomic mass is 16.7. The van der Waals surface area contributed by atoms with Gasteiger partial charge in [0.25, 0.3) is 0 Å². The van der Waals surface area contributed by atoms with Gasteiger partial charge in [-0.15, -0.1) is 0 Å². The first-order valence-electron chi connectivity index (χ1n) is 10.0. The molecular formula is C21H26N4O3. The zero-order chi connectivity index (χ0) is 19.3. The van der Waals surface area contributed by atoms with E-state index < -0.39 is 0 Å². The fourth-order valence-electron chi connectivity index (χ4n) is 3.58. The van der Waals surface area contributed by atoms with Crippen molar-refractivity contribution in [2.75, 3.05) is 6.79 Å². The van der Waals surface area contributed by atoms with E-state index in [4.69, 9.17) is 14.5 Å². The molecule has 0 radical (unpaired) electrons. The van der Waals surface area contributed by atoms with Gasteiger partial charge in [-0.05, 0) is 24.6 Å². The highest BCUT2D eigenvalue weighted by Gasteiger charge is 2.21. The van der Waals surface area contributed by atoms with Gasteiger partial charge in [0, 0.05) is 31.0 Å². The molecule has 0 fully saturated rings. The Hall–Kier alpha value is -2.83. The molecule has 0 aliphatic carbocycles. The van der Waals surface area contributed by atoms with Crippen LogP contribution in [0.1, 0.15) is 51.3 Å². The van der Waals surface area contributed by atoms with Crippen molar-refractivity contribution in [1.82, 2.24) is 15.3 Å². The number of fused-ring (bicyclic) bond motifs is 1. The van der Waals surface area contributed by atoms with Gasteiger partial charge in [0.1, 0.15) is 11.7 Å². The van der Waals surface area contributed by atoms with E-state index in [1.807, 2.05) is 24.4 Å². The normalized spacial score (nSPS) is 18.1. The molecule has 1 aromatic heterocycles. The monoisotopic (exact) mass is 382 g/mol. The van der Waals surface area contributed by atoms with Crippen LogP contribution in [-0.4, -0.2) is 34.5 Å². The molecule has 0 spiro atoms. The number of rotatable bonds is 8. The Morgan fingerprint density at radius 2 is 2.07 bits per heavy atom. The summed E-state index contributed by atoms with van der Waals surface area (Å²) in [5.41, 5.74) is 1.84. The lowest BCUT2D eigenvalue weighted by molar-refractivity contribution is -0.120. The van der Waals surface area contributed by atoms with Crippen molar-refractivity contribution in [1.29, 1.82) is 0 Å². The number of aromatic nitrogens is 2. The summed E-state index contributed by atoms with van der Waals surface area (Å²) in [4.78, 5) is 24.6. The number of carbonyl (C=O) groups is 1. The number of ether oxygens (including phenoxy) is 2. The van der Waals surface area contributed by atoms with Gasteiger partial charge in [-0.3, -0.25) is 9.79 Å². The third kappa shape index (κ3) is 4.35. The number of H-pyrrole nitrogens is 1. The topological polar surface area (TPSA) is 88.6 Å². The van der Waals surface area contributed by atoms with Gasteiger partial charge >= 0.3 is 0 Å². The van der Waals surface area contributed by atoms with Gasteiger partial charge in [0.2, 0.25) is 12.7 Å². The van der Waals surface area contributed by atoms with Crippen LogP contribution in [0.3, 0.4) is 0 Å². The van der Waals surface area contributed by atoms with Crippen LogP contribution in [0.4, 0.5) is 0 Å². The van der Waals surface area contributed by atoms with Crippen LogP contribution >= 0.6 is 0 Å². The first-order valence-corrected chi connectivity index (χ1v) is 10.0. The van der Waals surface area contributed by atoms with Crippen LogP contribution in [-0.2, 0) is 11.2 Å². The summed E-state index contributed by atoms with van der Waals surface area (Å²) >= 11 is 0. The average Bonchev–Trinajstić information content (AvgIpc) is 3.35. The molecule has 1 aromatic carbocycles. The van der Waals surface area contributed by atoms with Gasteiger partial charge < -0.3 is 19.8 Å². The van der Waals surface area contributed by atoms with E-state index >= 15 is 0 Å². The first kappa shape index (κ1) is 18.5. The molecule has 4 rings (SSSR count). The highest BCUT2D eigenvalue weighted by molar-refractivity contribution is 6.00. The molecule has 0 saturated carbocycles. The van der Waals surface area contributed by atoms with E-state index in [-0.39, 0.29) is 18.7 Å². The minimum atomic E-state index is 0.0759. The Morgan fingerprint density at radius 1 is 1.18 bits per heavy atom. The zero-order valence-electron chi connectivity index (χ0n) is 16.2. The molecule has 2 aromatic rings. The fraction of sp³-hybridized carbons (Fsp3) is 0.476. The molecular weight excluding hydrogens is 356 g/mol. The second-order valence-electron chi connectivity index (χ2n) is 7.28. The Labute approximate surface area is 164 Å². The standard InChI is InChI=1S/C21H26N4O3/c1-2-3-4-5-15-11-21(26)25-20(23-15)9-8-19-22-12-16(24-19)14-6-7-17-18(10-14)28-13-27-17/h6-7,10,12,15H,2-5,8-9,11,13H2,1H3,(H,22,24)(H,23,25,26). The van der Waals surface area contributed by atoms with Crippen LogP contribution in [0, 0.1) is 0 Å². The Balaban J connectivity index is 1.37. The van der Waals surface area contributed by atoms with E-state index in [1.54, 1.807) is 0 Å². The summed E-state index contributed by atoms with van der Waals surface area (Å²) in [6.07, 6.45) is 8.25. The molecule has 2 aliphatic rings. The number of unbranched alkanes of at least 4 members (excludes halogenated alkanes) is 2. The largest absolute Gasteiger partial charge is 0.454 e. The lowest BCUT2D eigenvalue weighted by Gasteiger charge is -2.20. The van der Waals surface area contributed by atoms with Crippen LogP contribution in [0.25, 0.3) is 11.3 Å². The molecule has 7 nitrogen and oxygen atoms in total. The number of amidine groups is 1. The van der Waals surface area contributed by atoms with E-state index in [1.165, 1.54) is 12.8 Å². The fourth-order valence-corrected chi connectivity index (χ4v) is 3.58. The van der Waals surface area contributed by atoms with E-state index in [0.717, 1.165) is 47.3 Å². The van der Waals surface area contributed by atoms with E-state index in [0.29, 0.717) is 19.3 Å². The predicted molar refractivity (Wildman–Crippen MR) is 107 cm³/mol. The number of hydrogen-bond acceptors (Lipinski definition) is 5. The Kier molecular flexibility index (Phi) is 5.60. The minimum Gasteiger partial charge on any atom is -0.454 e. The van der Waals surface area contributed by atoms with Gasteiger partial charge in [0.15, 0.2) is 11.5 Å². The zero-order valence-corrected chi connectivity index (χ0v) is 16.2. The first-order chi connectivity index (χ1) is 13.7. The molecule has 28 heavy (non-hydrogen) atoms. The molecule has 148 valence electrons. The van der Waals surface area contributed by atoms with Crippen molar-refractivity contribution in [3.05, 3.63) is 30.2 Å². The third-order valence-electron chi connectivity index (χ3n) is 5.08. The smallest absolute Gasteiger partial charge is 0.231 e. The van der Waals surface area contributed by atoms with E-state index in [2.05, 4.69) is 22.2 Å². The van der Waals surface area contributed by atoms with Crippen molar-refractivity contribution >= 4 is 11.7 Å². The number of benzene rings is 1. The number of aliphatic imine (C=N–C) groups is 1. The number of imidazole rings is 1. The van der Waals surface area contributed by atoms with Crippen molar-refractivity contribution < 1.29 is 14.3 Å². The molecule has 1 unspecified atom stereocenters. The number of nitrogens with one attached hydrogen (secondary N) is 2. The summed E-state index contributed by atoms with van der Waals surface area (Å²) in [6.45, 7) is 2.45. The van der Waals surface area contributed by atoms with Crippen molar-refractivity contribution in [2.24, 2.45) is 4.99 Å². The molecule has 0 saturated heterocycles. The number of aromatic amines is 1. The van der Waals surface area contributed by atoms with Crippen LogP contribution in [0.15, 0.2) is 29.4 Å². The van der Waals surface area contributed by atoms with Gasteiger partial charge in [0.05, 0.1) is 11.7 Å². The number of amides is 1. The summed E-state index contributed by atoms with van der Waals surface area (Å²) < 4.78 is 10.8. The second kappa shape index (κ2) is 8.46. The Bertz CT molecular complexity index is 874. The summed E-state index contributed by atoms with van der Waals surface area (Å²) in [6, 6.07) is 5.93. The van der Waals surface area contributed by atoms with Crippen molar-refractivity contribution in [2.45, 2.75) is 57.9 Å². The molecule has 3 heterocycles. The van der Waals surface area contributed by atoms with Gasteiger partial charge in [-0.1, -0.05) is 26.2 Å². The SMILES string of the molecule is CCCCCC1CC(=O)NC(CCc2nc(-c3ccc4c(c3)OCO4)c[nH]2)=N1. The summed E-state index contributed by atoms with van der Waals surface area (Å²) in [5.74, 6) is 3.23. The van der Waals surface area contributed by atoms with Crippen LogP contribution < -0.4 is 14.8 Å². The number of carbonyl (C=O) groups excluding carboxylic acids is 1. The lowest BCUT2D eigenvalue weighted by atomic mass is 10.0. The maximum absolute atomic E-state index is 12.0. The molecule has 1 amide bonds. The molecule has 2 aliphatic heterocycles. The van der Waals surface area contributed by atoms with E-state index in [9.17, 15) is 4.79 Å². The maximum Gasteiger partial charge on any atom is 0.231 e. The van der Waals surface area contributed by atoms with Crippen molar-refractivity contribution in [3.63, 3.8) is 0 Å². The van der Waals surface area contributed by atoms with Crippen LogP contribution in [0.5, 0.6) is 11.5 Å². The van der Waals surface area contributed by atoms with Crippen molar-refractivity contribution in [3.8, 4) is 22.8 Å². The van der Waals surface area contributed by atoms with Gasteiger partial charge in [-0.2, -0.15) is 0 Å². The molecule has 0 bridgehead atoms. The summed E-state index contributed by atoms with van der Waals surface area (Å²) in [5, 5.41) is 2.91. The van der Waals surface area contributed by atoms with Crippen LogP contribution in [0.2, 0.25) is 0 Å². The third-order valence-corrected chi connectivity index (χ3v) is 5.08. The Morgan fingerprint density at radius 3 is 2.96 bits per heavy atom.